The fraction of sp³-hybridized carbons (Fsp3) is 0.0556. The van der Waals surface area contributed by atoms with E-state index in [9.17, 15) is 19.1 Å². The third kappa shape index (κ3) is 7.08. The topological polar surface area (TPSA) is 105 Å². The van der Waals surface area contributed by atoms with Crippen molar-refractivity contribution in [1.82, 2.24) is 0 Å². The van der Waals surface area contributed by atoms with E-state index in [4.69, 9.17) is 9.26 Å². The van der Waals surface area contributed by atoms with E-state index in [2.05, 4.69) is 21.2 Å². The maximum absolute atomic E-state index is 12.8. The molecular formula is C18H15BrNNa2O6P. The van der Waals surface area contributed by atoms with E-state index in [1.807, 2.05) is 0 Å². The molecular weight excluding hydrogens is 483 g/mol. The summed E-state index contributed by atoms with van der Waals surface area (Å²) < 4.78 is 22.1. The van der Waals surface area contributed by atoms with Crippen LogP contribution in [0.2, 0.25) is 0 Å². The van der Waals surface area contributed by atoms with Gasteiger partial charge < -0.3 is 14.6 Å². The Morgan fingerprint density at radius 3 is 2.34 bits per heavy atom. The van der Waals surface area contributed by atoms with Gasteiger partial charge in [-0.1, -0.05) is 34.1 Å². The molecule has 0 aromatic heterocycles. The van der Waals surface area contributed by atoms with Crippen molar-refractivity contribution >= 4 is 105 Å². The van der Waals surface area contributed by atoms with Crippen LogP contribution in [-0.2, 0) is 4.57 Å². The van der Waals surface area contributed by atoms with Crippen molar-refractivity contribution in [2.24, 2.45) is 0 Å². The number of fused-ring (bicyclic) bond motifs is 1. The van der Waals surface area contributed by atoms with Crippen LogP contribution in [0.1, 0.15) is 10.4 Å². The molecule has 3 N–H and O–H groups in total. The number of nitrogens with one attached hydrogen (secondary N) is 1. The summed E-state index contributed by atoms with van der Waals surface area (Å²) in [6.45, 7) is 0. The largest absolute Gasteiger partial charge is 0.524 e. The molecule has 0 heterocycles. The van der Waals surface area contributed by atoms with Crippen molar-refractivity contribution in [3.8, 4) is 11.5 Å². The van der Waals surface area contributed by atoms with E-state index in [0.717, 1.165) is 4.47 Å². The smallest absolute Gasteiger partial charge is 0.495 e. The number of methoxy groups -OCH3 is 1. The van der Waals surface area contributed by atoms with Gasteiger partial charge in [0, 0.05) is 63.6 Å². The summed E-state index contributed by atoms with van der Waals surface area (Å²) in [5.41, 5.74) is 0.399. The molecule has 11 heteroatoms. The number of benzene rings is 3. The van der Waals surface area contributed by atoms with Crippen molar-refractivity contribution in [3.63, 3.8) is 0 Å². The molecule has 0 spiro atoms. The zero-order chi connectivity index (χ0) is 19.6. The standard InChI is InChI=1S/C18H15BrNO6P.2Na/c1-25-16-5-3-2-4-15(16)20-18(21)14-9-12-8-13(19)7-6-11(12)10-17(14)26-27(22,23)24;;/h2-10H,1H3,(H,20,21)(H2,22,23,24);;. The number of amides is 1. The molecule has 0 unspecified atom stereocenters. The summed E-state index contributed by atoms with van der Waals surface area (Å²) in [6, 6.07) is 15.0. The first-order valence-electron chi connectivity index (χ1n) is 7.69. The minimum atomic E-state index is -4.85. The Kier molecular flexibility index (Phi) is 10.4. The molecule has 0 aliphatic carbocycles. The van der Waals surface area contributed by atoms with E-state index >= 15 is 0 Å². The third-order valence-electron chi connectivity index (χ3n) is 3.72. The second kappa shape index (κ2) is 11.3. The van der Waals surface area contributed by atoms with E-state index in [1.165, 1.54) is 19.2 Å². The zero-order valence-corrected chi connectivity index (χ0v) is 22.5. The molecule has 0 aliphatic rings. The molecule has 3 aromatic rings. The number of ether oxygens (including phenoxy) is 1. The van der Waals surface area contributed by atoms with Crippen molar-refractivity contribution in [1.29, 1.82) is 0 Å². The summed E-state index contributed by atoms with van der Waals surface area (Å²) >= 11 is 3.36. The minimum absolute atomic E-state index is 0. The Balaban J connectivity index is 0.00000210. The van der Waals surface area contributed by atoms with Gasteiger partial charge in [0.15, 0.2) is 0 Å². The molecule has 1 amide bonds. The first-order valence-corrected chi connectivity index (χ1v) is 10.0. The van der Waals surface area contributed by atoms with Gasteiger partial charge in [0.2, 0.25) is 0 Å². The van der Waals surface area contributed by atoms with Gasteiger partial charge in [-0.15, -0.1) is 0 Å². The Morgan fingerprint density at radius 2 is 1.69 bits per heavy atom. The zero-order valence-electron chi connectivity index (χ0n) is 16.0. The monoisotopic (exact) mass is 497 g/mol. The average molecular weight is 498 g/mol. The number of anilines is 1. The minimum Gasteiger partial charge on any atom is -0.495 e. The first-order chi connectivity index (χ1) is 12.8. The number of carbonyl (C=O) groups is 1. The summed E-state index contributed by atoms with van der Waals surface area (Å²) in [4.78, 5) is 31.2. The van der Waals surface area contributed by atoms with Gasteiger partial charge >= 0.3 is 7.82 Å². The van der Waals surface area contributed by atoms with E-state index < -0.39 is 13.7 Å². The van der Waals surface area contributed by atoms with Gasteiger partial charge in [0.25, 0.3) is 5.91 Å². The molecule has 0 fully saturated rings. The molecule has 0 bridgehead atoms. The summed E-state index contributed by atoms with van der Waals surface area (Å²) in [6.07, 6.45) is 0. The number of rotatable bonds is 5. The second-order valence-corrected chi connectivity index (χ2v) is 7.66. The summed E-state index contributed by atoms with van der Waals surface area (Å²) in [5, 5.41) is 4.04. The van der Waals surface area contributed by atoms with Crippen LogP contribution in [-0.4, -0.2) is 81.9 Å². The van der Waals surface area contributed by atoms with Gasteiger partial charge in [0.05, 0.1) is 18.4 Å². The van der Waals surface area contributed by atoms with E-state index in [1.54, 1.807) is 42.5 Å². The fourth-order valence-corrected chi connectivity index (χ4v) is 3.35. The fourth-order valence-electron chi connectivity index (χ4n) is 2.57. The molecule has 142 valence electrons. The molecule has 0 saturated carbocycles. The van der Waals surface area contributed by atoms with Crippen LogP contribution >= 0.6 is 23.8 Å². The Hall–Kier alpha value is -0.380. The van der Waals surface area contributed by atoms with Crippen molar-refractivity contribution < 1.29 is 28.4 Å². The molecule has 0 atom stereocenters. The van der Waals surface area contributed by atoms with Crippen LogP contribution in [0.5, 0.6) is 11.5 Å². The third-order valence-corrected chi connectivity index (χ3v) is 4.65. The normalized spacial score (nSPS) is 10.5. The number of phosphoric acid groups is 1. The molecule has 0 saturated heterocycles. The molecule has 3 rings (SSSR count). The van der Waals surface area contributed by atoms with Crippen LogP contribution in [0.15, 0.2) is 59.1 Å². The predicted octanol–water partition coefficient (Wildman–Crippen LogP) is 3.57. The number of halogens is 1. The molecule has 2 radical (unpaired) electrons. The van der Waals surface area contributed by atoms with Crippen LogP contribution in [0, 0.1) is 0 Å². The Morgan fingerprint density at radius 1 is 1.00 bits per heavy atom. The average Bonchev–Trinajstić information content (AvgIpc) is 2.60. The van der Waals surface area contributed by atoms with Gasteiger partial charge in [-0.2, -0.15) is 0 Å². The van der Waals surface area contributed by atoms with Crippen molar-refractivity contribution in [3.05, 3.63) is 64.6 Å². The summed E-state index contributed by atoms with van der Waals surface area (Å²) in [7, 11) is -3.38. The van der Waals surface area contributed by atoms with Crippen LogP contribution < -0.4 is 14.6 Å². The number of hydrogen-bond acceptors (Lipinski definition) is 4. The quantitative estimate of drug-likeness (QED) is 0.367. The molecule has 3 aromatic carbocycles. The van der Waals surface area contributed by atoms with Gasteiger partial charge in [-0.05, 0) is 47.2 Å². The number of carbonyl (C=O) groups excluding carboxylic acids is 1. The first kappa shape index (κ1) is 26.7. The SMILES string of the molecule is COc1ccccc1NC(=O)c1cc2cc(Br)ccc2cc1OP(=O)(O)O.[Na].[Na]. The number of para-hydroxylation sites is 2. The van der Waals surface area contributed by atoms with E-state index in [-0.39, 0.29) is 70.4 Å². The summed E-state index contributed by atoms with van der Waals surface area (Å²) in [5.74, 6) is -0.359. The van der Waals surface area contributed by atoms with Crippen LogP contribution in [0.25, 0.3) is 10.8 Å². The molecule has 7 nitrogen and oxygen atoms in total. The maximum atomic E-state index is 12.8. The second-order valence-electron chi connectivity index (χ2n) is 5.58. The van der Waals surface area contributed by atoms with Gasteiger partial charge in [-0.3, -0.25) is 14.6 Å². The Labute approximate surface area is 220 Å². The Bertz CT molecular complexity index is 1080. The van der Waals surface area contributed by atoms with Crippen LogP contribution in [0.3, 0.4) is 0 Å². The predicted molar refractivity (Wildman–Crippen MR) is 117 cm³/mol. The number of phosphoric ester groups is 1. The van der Waals surface area contributed by atoms with Crippen molar-refractivity contribution in [2.75, 3.05) is 12.4 Å². The molecule has 0 aliphatic heterocycles. The van der Waals surface area contributed by atoms with Crippen LogP contribution in [0.4, 0.5) is 5.69 Å². The maximum Gasteiger partial charge on any atom is 0.524 e. The molecule has 29 heavy (non-hydrogen) atoms. The van der Waals surface area contributed by atoms with E-state index in [0.29, 0.717) is 22.2 Å². The number of hydrogen-bond donors (Lipinski definition) is 3. The van der Waals surface area contributed by atoms with Crippen molar-refractivity contribution in [2.45, 2.75) is 0 Å². The van der Waals surface area contributed by atoms with Gasteiger partial charge in [0.1, 0.15) is 11.5 Å². The van der Waals surface area contributed by atoms with Gasteiger partial charge in [-0.25, -0.2) is 4.57 Å².